The van der Waals surface area contributed by atoms with E-state index in [9.17, 15) is 13.2 Å². The zero-order valence-corrected chi connectivity index (χ0v) is 13.5. The fourth-order valence-electron chi connectivity index (χ4n) is 1.51. The second kappa shape index (κ2) is 6.00. The number of carbonyl (C=O) groups excluding carboxylic acids is 1. The highest BCUT2D eigenvalue weighted by Gasteiger charge is 2.19. The van der Waals surface area contributed by atoms with E-state index in [-0.39, 0.29) is 21.3 Å². The molecular formula is C12H9BrClN3O3S. The van der Waals surface area contributed by atoms with Crippen LogP contribution in [0.25, 0.3) is 0 Å². The molecule has 2 rings (SSSR count). The summed E-state index contributed by atoms with van der Waals surface area (Å²) < 4.78 is 27.3. The van der Waals surface area contributed by atoms with E-state index in [0.717, 1.165) is 0 Å². The average molecular weight is 391 g/mol. The minimum atomic E-state index is -3.89. The van der Waals surface area contributed by atoms with Crippen LogP contribution in [-0.2, 0) is 10.0 Å². The number of nitrogens with zero attached hydrogens (tertiary/aromatic N) is 1. The molecule has 0 bridgehead atoms. The van der Waals surface area contributed by atoms with Crippen molar-refractivity contribution in [2.45, 2.75) is 4.90 Å². The van der Waals surface area contributed by atoms with Gasteiger partial charge in [0.2, 0.25) is 5.91 Å². The maximum absolute atomic E-state index is 12.2. The molecular weight excluding hydrogens is 382 g/mol. The Bertz CT molecular complexity index is 794. The average Bonchev–Trinajstić information content (AvgIpc) is 2.41. The summed E-state index contributed by atoms with van der Waals surface area (Å²) >= 11 is 8.94. The lowest BCUT2D eigenvalue weighted by Gasteiger charge is -2.09. The zero-order chi connectivity index (χ0) is 15.6. The van der Waals surface area contributed by atoms with Crippen LogP contribution in [0.5, 0.6) is 0 Å². The van der Waals surface area contributed by atoms with E-state index < -0.39 is 15.9 Å². The lowest BCUT2D eigenvalue weighted by Crippen LogP contribution is -2.15. The number of anilines is 1. The minimum absolute atomic E-state index is 0.139. The molecule has 1 heterocycles. The van der Waals surface area contributed by atoms with Gasteiger partial charge in [-0.05, 0) is 46.3 Å². The van der Waals surface area contributed by atoms with Crippen molar-refractivity contribution in [1.82, 2.24) is 4.98 Å². The van der Waals surface area contributed by atoms with Crippen molar-refractivity contribution in [3.05, 3.63) is 51.7 Å². The Balaban J connectivity index is 2.33. The molecule has 0 saturated carbocycles. The van der Waals surface area contributed by atoms with Crippen LogP contribution in [0.2, 0.25) is 5.15 Å². The lowest BCUT2D eigenvalue weighted by atomic mass is 10.2. The number of pyridine rings is 1. The molecule has 1 aromatic heterocycles. The van der Waals surface area contributed by atoms with Crippen molar-refractivity contribution in [2.75, 3.05) is 4.72 Å². The number of hydrogen-bond acceptors (Lipinski definition) is 4. The third-order valence-electron chi connectivity index (χ3n) is 2.48. The number of hydrogen-bond donors (Lipinski definition) is 2. The van der Waals surface area contributed by atoms with Gasteiger partial charge in [0.1, 0.15) is 10.0 Å². The van der Waals surface area contributed by atoms with Crippen molar-refractivity contribution >= 4 is 49.1 Å². The summed E-state index contributed by atoms with van der Waals surface area (Å²) in [4.78, 5) is 14.6. The van der Waals surface area contributed by atoms with E-state index in [1.807, 2.05) is 0 Å². The van der Waals surface area contributed by atoms with E-state index in [1.54, 1.807) is 0 Å². The Morgan fingerprint density at radius 2 is 1.90 bits per heavy atom. The van der Waals surface area contributed by atoms with Gasteiger partial charge in [-0.2, -0.15) is 0 Å². The largest absolute Gasteiger partial charge is 0.366 e. The van der Waals surface area contributed by atoms with E-state index in [4.69, 9.17) is 17.3 Å². The highest BCUT2D eigenvalue weighted by molar-refractivity contribution is 9.10. The van der Waals surface area contributed by atoms with E-state index in [2.05, 4.69) is 25.6 Å². The second-order valence-corrected chi connectivity index (χ2v) is 6.91. The maximum Gasteiger partial charge on any atom is 0.265 e. The van der Waals surface area contributed by atoms with Crippen LogP contribution in [0.3, 0.4) is 0 Å². The minimum Gasteiger partial charge on any atom is -0.366 e. The van der Waals surface area contributed by atoms with Crippen LogP contribution in [0.4, 0.5) is 5.69 Å². The van der Waals surface area contributed by atoms with Crippen molar-refractivity contribution in [1.29, 1.82) is 0 Å². The molecule has 0 aliphatic heterocycles. The van der Waals surface area contributed by atoms with Crippen LogP contribution >= 0.6 is 27.5 Å². The Hall–Kier alpha value is -1.64. The first kappa shape index (κ1) is 15.7. The molecule has 0 fully saturated rings. The summed E-state index contributed by atoms with van der Waals surface area (Å²) in [5.41, 5.74) is 5.66. The quantitative estimate of drug-likeness (QED) is 0.782. The Morgan fingerprint density at radius 3 is 2.48 bits per heavy atom. The van der Waals surface area contributed by atoms with Gasteiger partial charge < -0.3 is 5.73 Å². The van der Waals surface area contributed by atoms with Crippen molar-refractivity contribution < 1.29 is 13.2 Å². The number of aromatic nitrogens is 1. The standard InChI is InChI=1S/C12H9BrClN3O3S/c13-8-5-10(11(14)16-6-8)21(19,20)17-9-3-1-7(2-4-9)12(15)18/h1-6,17H,(H2,15,18). The molecule has 0 aliphatic rings. The Kier molecular flexibility index (Phi) is 4.50. The summed E-state index contributed by atoms with van der Waals surface area (Å²) in [6.07, 6.45) is 1.39. The molecule has 9 heteroatoms. The van der Waals surface area contributed by atoms with Gasteiger partial charge in [-0.25, -0.2) is 13.4 Å². The SMILES string of the molecule is NC(=O)c1ccc(NS(=O)(=O)c2cc(Br)cnc2Cl)cc1. The lowest BCUT2D eigenvalue weighted by molar-refractivity contribution is 0.100. The van der Waals surface area contributed by atoms with E-state index in [0.29, 0.717) is 4.47 Å². The third kappa shape index (κ3) is 3.72. The van der Waals surface area contributed by atoms with E-state index in [1.165, 1.54) is 36.5 Å². The molecule has 2 aromatic rings. The molecule has 3 N–H and O–H groups in total. The van der Waals surface area contributed by atoms with Crippen LogP contribution in [0.1, 0.15) is 10.4 Å². The molecule has 1 aromatic carbocycles. The second-order valence-electron chi connectivity index (χ2n) is 3.99. The molecule has 0 unspecified atom stereocenters. The topological polar surface area (TPSA) is 102 Å². The number of primary amides is 1. The zero-order valence-electron chi connectivity index (χ0n) is 10.4. The summed E-state index contributed by atoms with van der Waals surface area (Å²) in [6, 6.07) is 7.03. The summed E-state index contributed by atoms with van der Waals surface area (Å²) in [5.74, 6) is -0.594. The number of halogens is 2. The first-order valence-corrected chi connectivity index (χ1v) is 8.19. The van der Waals surface area contributed by atoms with Crippen molar-refractivity contribution in [3.63, 3.8) is 0 Å². The number of nitrogens with two attached hydrogens (primary N) is 1. The highest BCUT2D eigenvalue weighted by atomic mass is 79.9. The van der Waals surface area contributed by atoms with Crippen LogP contribution in [0, 0.1) is 0 Å². The van der Waals surface area contributed by atoms with Crippen LogP contribution in [-0.4, -0.2) is 19.3 Å². The molecule has 110 valence electrons. The predicted molar refractivity (Wildman–Crippen MR) is 82.7 cm³/mol. The number of sulfonamides is 1. The molecule has 0 spiro atoms. The smallest absolute Gasteiger partial charge is 0.265 e. The fraction of sp³-hybridized carbons (Fsp3) is 0. The number of carbonyl (C=O) groups is 1. The van der Waals surface area contributed by atoms with Crippen molar-refractivity contribution in [2.24, 2.45) is 5.73 Å². The molecule has 0 atom stereocenters. The summed E-state index contributed by atoms with van der Waals surface area (Å²) in [7, 11) is -3.89. The number of rotatable bonds is 4. The first-order valence-electron chi connectivity index (χ1n) is 5.53. The van der Waals surface area contributed by atoms with Gasteiger partial charge >= 0.3 is 0 Å². The summed E-state index contributed by atoms with van der Waals surface area (Å²) in [6.45, 7) is 0. The normalized spacial score (nSPS) is 11.1. The predicted octanol–water partition coefficient (Wildman–Crippen LogP) is 2.40. The fourth-order valence-corrected chi connectivity index (χ4v) is 3.51. The molecule has 1 amide bonds. The monoisotopic (exact) mass is 389 g/mol. The Labute approximate surface area is 134 Å². The molecule has 0 radical (unpaired) electrons. The van der Waals surface area contributed by atoms with Gasteiger partial charge in [0.25, 0.3) is 10.0 Å². The van der Waals surface area contributed by atoms with Crippen molar-refractivity contribution in [3.8, 4) is 0 Å². The Morgan fingerprint density at radius 1 is 1.29 bits per heavy atom. The first-order chi connectivity index (χ1) is 9.79. The van der Waals surface area contributed by atoms with Gasteiger partial charge in [0, 0.05) is 21.9 Å². The highest BCUT2D eigenvalue weighted by Crippen LogP contribution is 2.25. The number of nitrogens with one attached hydrogen (secondary N) is 1. The van der Waals surface area contributed by atoms with Gasteiger partial charge in [-0.1, -0.05) is 11.6 Å². The molecule has 0 saturated heterocycles. The van der Waals surface area contributed by atoms with Gasteiger partial charge in [0.15, 0.2) is 0 Å². The van der Waals surface area contributed by atoms with Gasteiger partial charge in [-0.3, -0.25) is 9.52 Å². The van der Waals surface area contributed by atoms with Gasteiger partial charge in [0.05, 0.1) is 0 Å². The van der Waals surface area contributed by atoms with Gasteiger partial charge in [-0.15, -0.1) is 0 Å². The van der Waals surface area contributed by atoms with Crippen LogP contribution in [0.15, 0.2) is 45.9 Å². The third-order valence-corrected chi connectivity index (χ3v) is 4.73. The molecule has 0 aliphatic carbocycles. The maximum atomic E-state index is 12.2. The molecule has 21 heavy (non-hydrogen) atoms. The molecule has 6 nitrogen and oxygen atoms in total. The number of benzene rings is 1. The van der Waals surface area contributed by atoms with Crippen LogP contribution < -0.4 is 10.5 Å². The number of amides is 1. The van der Waals surface area contributed by atoms with E-state index >= 15 is 0 Å². The summed E-state index contributed by atoms with van der Waals surface area (Å²) in [5, 5.41) is -0.139.